The molecule has 116 valence electrons. The van der Waals surface area contributed by atoms with Crippen LogP contribution in [0.5, 0.6) is 0 Å². The lowest BCUT2D eigenvalue weighted by molar-refractivity contribution is 0.00290. The third-order valence-electron chi connectivity index (χ3n) is 3.87. The summed E-state index contributed by atoms with van der Waals surface area (Å²) in [5.41, 5.74) is 2.96. The van der Waals surface area contributed by atoms with Crippen molar-refractivity contribution in [2.24, 2.45) is 0 Å². The first kappa shape index (κ1) is 13.7. The van der Waals surface area contributed by atoms with Crippen LogP contribution in [0, 0.1) is 0 Å². The lowest BCUT2D eigenvalue weighted by Gasteiger charge is -2.24. The Labute approximate surface area is 131 Å². The number of fused-ring (bicyclic) bond motifs is 1. The molecule has 0 radical (unpaired) electrons. The van der Waals surface area contributed by atoms with E-state index in [-0.39, 0.29) is 12.1 Å². The number of rotatable bonds is 4. The van der Waals surface area contributed by atoms with Crippen molar-refractivity contribution >= 4 is 17.4 Å². The molecule has 7 nitrogen and oxygen atoms in total. The standard InChI is InChI=1S/C14H17N5O2S/c20-14(16-10-1-2-10)15-5-11-6-19-12(7-21-11)13(17-18-19)9-3-4-22-8-9/h3-4,8,10-11H,1-2,5-7H2,(H2,15,16,20)/t11-/m1/s1. The average molecular weight is 319 g/mol. The van der Waals surface area contributed by atoms with Gasteiger partial charge in [0.25, 0.3) is 0 Å². The van der Waals surface area contributed by atoms with Crippen LogP contribution < -0.4 is 10.6 Å². The molecule has 1 aliphatic carbocycles. The van der Waals surface area contributed by atoms with Gasteiger partial charge in [-0.1, -0.05) is 5.21 Å². The van der Waals surface area contributed by atoms with Gasteiger partial charge >= 0.3 is 6.03 Å². The third-order valence-corrected chi connectivity index (χ3v) is 4.55. The zero-order valence-corrected chi connectivity index (χ0v) is 12.8. The summed E-state index contributed by atoms with van der Waals surface area (Å²) in [6.07, 6.45) is 2.09. The second-order valence-electron chi connectivity index (χ2n) is 5.64. The van der Waals surface area contributed by atoms with Crippen LogP contribution in [0.15, 0.2) is 16.8 Å². The molecule has 2 aliphatic rings. The smallest absolute Gasteiger partial charge is 0.315 e. The van der Waals surface area contributed by atoms with Crippen LogP contribution >= 0.6 is 11.3 Å². The molecular weight excluding hydrogens is 302 g/mol. The molecule has 1 atom stereocenters. The molecule has 0 aromatic carbocycles. The lowest BCUT2D eigenvalue weighted by Crippen LogP contribution is -2.43. The number of urea groups is 1. The number of nitrogens with zero attached hydrogens (tertiary/aromatic N) is 3. The maximum Gasteiger partial charge on any atom is 0.315 e. The summed E-state index contributed by atoms with van der Waals surface area (Å²) in [4.78, 5) is 11.6. The third kappa shape index (κ3) is 2.84. The predicted octanol–water partition coefficient (Wildman–Crippen LogP) is 1.37. The number of carbonyl (C=O) groups is 1. The highest BCUT2D eigenvalue weighted by molar-refractivity contribution is 7.08. The highest BCUT2D eigenvalue weighted by atomic mass is 32.1. The fourth-order valence-electron chi connectivity index (χ4n) is 2.48. The maximum absolute atomic E-state index is 11.6. The quantitative estimate of drug-likeness (QED) is 0.892. The predicted molar refractivity (Wildman–Crippen MR) is 81.5 cm³/mol. The van der Waals surface area contributed by atoms with Crippen molar-refractivity contribution in [3.63, 3.8) is 0 Å². The first-order valence-electron chi connectivity index (χ1n) is 7.40. The van der Waals surface area contributed by atoms with E-state index in [0.29, 0.717) is 25.7 Å². The summed E-state index contributed by atoms with van der Waals surface area (Å²) >= 11 is 1.64. The number of thiophene rings is 1. The Hall–Kier alpha value is -1.93. The maximum atomic E-state index is 11.6. The van der Waals surface area contributed by atoms with Crippen molar-refractivity contribution in [2.45, 2.75) is 38.1 Å². The van der Waals surface area contributed by atoms with Crippen molar-refractivity contribution in [3.8, 4) is 11.3 Å². The summed E-state index contributed by atoms with van der Waals surface area (Å²) < 4.78 is 7.71. The summed E-state index contributed by atoms with van der Waals surface area (Å²) in [5.74, 6) is 0. The molecule has 2 amide bonds. The number of amides is 2. The zero-order valence-electron chi connectivity index (χ0n) is 12.0. The second kappa shape index (κ2) is 5.69. The molecule has 8 heteroatoms. The Kier molecular flexibility index (Phi) is 3.55. The van der Waals surface area contributed by atoms with Crippen LogP contribution in [-0.4, -0.2) is 39.7 Å². The number of carbonyl (C=O) groups excluding carboxylic acids is 1. The molecular formula is C14H17N5O2S. The van der Waals surface area contributed by atoms with E-state index in [2.05, 4.69) is 26.3 Å². The van der Waals surface area contributed by atoms with E-state index in [1.54, 1.807) is 11.3 Å². The van der Waals surface area contributed by atoms with Crippen LogP contribution in [0.1, 0.15) is 18.5 Å². The largest absolute Gasteiger partial charge is 0.368 e. The normalized spacial score (nSPS) is 20.5. The van der Waals surface area contributed by atoms with Crippen LogP contribution in [-0.2, 0) is 17.9 Å². The van der Waals surface area contributed by atoms with Gasteiger partial charge in [0.05, 0.1) is 24.9 Å². The van der Waals surface area contributed by atoms with E-state index in [9.17, 15) is 4.79 Å². The van der Waals surface area contributed by atoms with E-state index >= 15 is 0 Å². The molecule has 1 fully saturated rings. The SMILES string of the molecule is O=C(NC[C@@H]1Cn2nnc(-c3ccsc3)c2CO1)NC1CC1. The minimum absolute atomic E-state index is 0.0746. The molecule has 3 heterocycles. The van der Waals surface area contributed by atoms with Gasteiger partial charge in [-0.3, -0.25) is 0 Å². The van der Waals surface area contributed by atoms with Gasteiger partial charge in [-0.25, -0.2) is 9.48 Å². The number of aromatic nitrogens is 3. The first-order chi connectivity index (χ1) is 10.8. The average Bonchev–Trinajstić information content (AvgIpc) is 3.03. The molecule has 22 heavy (non-hydrogen) atoms. The Morgan fingerprint density at radius 1 is 1.50 bits per heavy atom. The molecule has 1 aliphatic heterocycles. The Morgan fingerprint density at radius 3 is 3.18 bits per heavy atom. The molecule has 2 aromatic heterocycles. The Morgan fingerprint density at radius 2 is 2.41 bits per heavy atom. The van der Waals surface area contributed by atoms with Crippen molar-refractivity contribution in [3.05, 3.63) is 22.5 Å². The van der Waals surface area contributed by atoms with Crippen molar-refractivity contribution in [2.75, 3.05) is 6.54 Å². The fourth-order valence-corrected chi connectivity index (χ4v) is 3.12. The molecule has 2 aromatic rings. The number of hydrogen-bond acceptors (Lipinski definition) is 5. The molecule has 2 N–H and O–H groups in total. The van der Waals surface area contributed by atoms with Gasteiger partial charge < -0.3 is 15.4 Å². The van der Waals surface area contributed by atoms with E-state index in [4.69, 9.17) is 4.74 Å². The van der Waals surface area contributed by atoms with E-state index in [0.717, 1.165) is 29.8 Å². The lowest BCUT2D eigenvalue weighted by atomic mass is 10.2. The molecule has 0 bridgehead atoms. The summed E-state index contributed by atoms with van der Waals surface area (Å²) in [5, 5.41) is 18.3. The van der Waals surface area contributed by atoms with Gasteiger partial charge in [0.2, 0.25) is 0 Å². The fraction of sp³-hybridized carbons (Fsp3) is 0.500. The van der Waals surface area contributed by atoms with Crippen molar-refractivity contribution < 1.29 is 9.53 Å². The van der Waals surface area contributed by atoms with Gasteiger partial charge in [-0.05, 0) is 24.3 Å². The molecule has 0 saturated heterocycles. The van der Waals surface area contributed by atoms with Crippen molar-refractivity contribution in [1.29, 1.82) is 0 Å². The number of hydrogen-bond donors (Lipinski definition) is 2. The van der Waals surface area contributed by atoms with Crippen LogP contribution in [0.3, 0.4) is 0 Å². The topological polar surface area (TPSA) is 81.1 Å². The van der Waals surface area contributed by atoms with Gasteiger partial charge in [0.15, 0.2) is 0 Å². The first-order valence-corrected chi connectivity index (χ1v) is 8.35. The van der Waals surface area contributed by atoms with E-state index in [1.165, 1.54) is 0 Å². The van der Waals surface area contributed by atoms with E-state index in [1.807, 2.05) is 16.1 Å². The molecule has 0 spiro atoms. The van der Waals surface area contributed by atoms with Crippen molar-refractivity contribution in [1.82, 2.24) is 25.6 Å². The summed E-state index contributed by atoms with van der Waals surface area (Å²) in [7, 11) is 0. The van der Waals surface area contributed by atoms with Gasteiger partial charge in [0.1, 0.15) is 5.69 Å². The highest BCUT2D eigenvalue weighted by Crippen LogP contribution is 2.26. The minimum Gasteiger partial charge on any atom is -0.368 e. The molecule has 4 rings (SSSR count). The second-order valence-corrected chi connectivity index (χ2v) is 6.42. The van der Waals surface area contributed by atoms with Gasteiger partial charge in [0, 0.05) is 23.5 Å². The number of nitrogens with one attached hydrogen (secondary N) is 2. The van der Waals surface area contributed by atoms with Gasteiger partial charge in [-0.15, -0.1) is 5.10 Å². The molecule has 0 unspecified atom stereocenters. The van der Waals surface area contributed by atoms with Gasteiger partial charge in [-0.2, -0.15) is 11.3 Å². The summed E-state index contributed by atoms with van der Waals surface area (Å²) in [6, 6.07) is 2.28. The summed E-state index contributed by atoms with van der Waals surface area (Å²) in [6.45, 7) is 1.55. The van der Waals surface area contributed by atoms with Crippen LogP contribution in [0.25, 0.3) is 11.3 Å². The monoisotopic (exact) mass is 319 g/mol. The Bertz CT molecular complexity index is 665. The highest BCUT2D eigenvalue weighted by Gasteiger charge is 2.26. The van der Waals surface area contributed by atoms with E-state index < -0.39 is 0 Å². The molecule has 1 saturated carbocycles. The minimum atomic E-state index is -0.116. The van der Waals surface area contributed by atoms with Crippen LogP contribution in [0.4, 0.5) is 4.79 Å². The Balaban J connectivity index is 1.36. The number of ether oxygens (including phenoxy) is 1. The zero-order chi connectivity index (χ0) is 14.9. The van der Waals surface area contributed by atoms with Crippen LogP contribution in [0.2, 0.25) is 0 Å².